The number of halogens is 2. The lowest BCUT2D eigenvalue weighted by Gasteiger charge is -2.21. The van der Waals surface area contributed by atoms with E-state index in [0.29, 0.717) is 23.8 Å². The summed E-state index contributed by atoms with van der Waals surface area (Å²) in [4.78, 5) is 13.1. The highest BCUT2D eigenvalue weighted by Gasteiger charge is 2.30. The van der Waals surface area contributed by atoms with E-state index in [1.807, 2.05) is 25.1 Å². The molecule has 4 rings (SSSR count). The highest BCUT2D eigenvalue weighted by atomic mass is 19.2. The smallest absolute Gasteiger partial charge is 0.163 e. The van der Waals surface area contributed by atoms with Crippen LogP contribution in [0.25, 0.3) is 11.4 Å². The van der Waals surface area contributed by atoms with Crippen LogP contribution in [-0.4, -0.2) is 27.6 Å². The van der Waals surface area contributed by atoms with Gasteiger partial charge in [-0.3, -0.25) is 4.98 Å². The first-order chi connectivity index (χ1) is 13.1. The average molecular weight is 368 g/mol. The Morgan fingerprint density at radius 2 is 2.00 bits per heavy atom. The molecule has 3 aromatic rings. The van der Waals surface area contributed by atoms with Crippen LogP contribution in [0.5, 0.6) is 0 Å². The van der Waals surface area contributed by atoms with Crippen molar-refractivity contribution in [1.82, 2.24) is 15.0 Å². The van der Waals surface area contributed by atoms with Crippen molar-refractivity contribution in [3.63, 3.8) is 0 Å². The summed E-state index contributed by atoms with van der Waals surface area (Å²) < 4.78 is 32.6. The molecule has 1 aliphatic heterocycles. The van der Waals surface area contributed by atoms with Gasteiger partial charge in [-0.25, -0.2) is 18.7 Å². The van der Waals surface area contributed by atoms with Crippen molar-refractivity contribution in [1.29, 1.82) is 0 Å². The van der Waals surface area contributed by atoms with E-state index >= 15 is 0 Å². The fourth-order valence-electron chi connectivity index (χ4n) is 3.21. The fraction of sp³-hybridized carbons (Fsp3) is 0.250. The van der Waals surface area contributed by atoms with Crippen molar-refractivity contribution in [2.24, 2.45) is 0 Å². The zero-order valence-electron chi connectivity index (χ0n) is 14.7. The second kappa shape index (κ2) is 7.36. The van der Waals surface area contributed by atoms with Crippen molar-refractivity contribution in [3.8, 4) is 11.4 Å². The van der Waals surface area contributed by atoms with Crippen molar-refractivity contribution in [2.75, 3.05) is 11.9 Å². The van der Waals surface area contributed by atoms with Gasteiger partial charge in [0.05, 0.1) is 6.04 Å². The zero-order chi connectivity index (χ0) is 18.8. The third kappa shape index (κ3) is 3.78. The maximum atomic E-state index is 13.6. The van der Waals surface area contributed by atoms with Gasteiger partial charge in [0.2, 0.25) is 0 Å². The predicted molar refractivity (Wildman–Crippen MR) is 97.1 cm³/mol. The molecule has 1 aromatic carbocycles. The minimum atomic E-state index is -0.876. The number of aryl methyl sites for hydroxylation is 1. The van der Waals surface area contributed by atoms with Crippen molar-refractivity contribution in [2.45, 2.75) is 25.5 Å². The molecule has 138 valence electrons. The molecule has 0 radical (unpaired) electrons. The van der Waals surface area contributed by atoms with E-state index in [-0.39, 0.29) is 12.1 Å². The molecule has 5 nitrogen and oxygen atoms in total. The maximum absolute atomic E-state index is 13.6. The molecule has 2 atom stereocenters. The number of nitrogens with zero attached hydrogens (tertiary/aromatic N) is 3. The van der Waals surface area contributed by atoms with Crippen LogP contribution in [-0.2, 0) is 4.74 Å². The van der Waals surface area contributed by atoms with E-state index < -0.39 is 11.6 Å². The number of rotatable bonds is 4. The molecule has 2 aromatic heterocycles. The summed E-state index contributed by atoms with van der Waals surface area (Å²) in [6.45, 7) is 2.42. The molecule has 0 aliphatic carbocycles. The second-order valence-corrected chi connectivity index (χ2v) is 6.46. The fourth-order valence-corrected chi connectivity index (χ4v) is 3.21. The molecule has 2 unspecified atom stereocenters. The number of aromatic nitrogens is 3. The second-order valence-electron chi connectivity index (χ2n) is 6.46. The summed E-state index contributed by atoms with van der Waals surface area (Å²) in [5.74, 6) is -0.509. The number of nitrogens with one attached hydrogen (secondary N) is 1. The lowest BCUT2D eigenvalue weighted by molar-refractivity contribution is 0.107. The highest BCUT2D eigenvalue weighted by molar-refractivity contribution is 5.56. The van der Waals surface area contributed by atoms with Crippen LogP contribution in [0.3, 0.4) is 0 Å². The molecule has 0 saturated carbocycles. The first kappa shape index (κ1) is 17.5. The summed E-state index contributed by atoms with van der Waals surface area (Å²) >= 11 is 0. The summed E-state index contributed by atoms with van der Waals surface area (Å²) in [7, 11) is 0. The molecule has 1 N–H and O–H groups in total. The van der Waals surface area contributed by atoms with E-state index in [1.54, 1.807) is 18.5 Å². The van der Waals surface area contributed by atoms with Gasteiger partial charge in [0, 0.05) is 36.3 Å². The Kier molecular flexibility index (Phi) is 4.77. The SMILES string of the molecule is Cc1cc(NC2CCOC2c2ccc(F)c(F)c2)nc(-c2cccnc2)n1. The number of hydrogen-bond donors (Lipinski definition) is 1. The molecule has 1 aliphatic rings. The Balaban J connectivity index is 1.59. The van der Waals surface area contributed by atoms with Gasteiger partial charge >= 0.3 is 0 Å². The Morgan fingerprint density at radius 1 is 1.11 bits per heavy atom. The van der Waals surface area contributed by atoms with Gasteiger partial charge in [-0.05, 0) is 43.2 Å². The van der Waals surface area contributed by atoms with Gasteiger partial charge in [0.1, 0.15) is 11.9 Å². The van der Waals surface area contributed by atoms with Gasteiger partial charge in [-0.2, -0.15) is 0 Å². The molecule has 27 heavy (non-hydrogen) atoms. The van der Waals surface area contributed by atoms with Crippen LogP contribution in [0, 0.1) is 18.6 Å². The standard InChI is InChI=1S/C20H18F2N4O/c1-12-9-18(26-20(24-12)14-3-2-7-23-11-14)25-17-6-8-27-19(17)13-4-5-15(21)16(22)10-13/h2-5,7,9-11,17,19H,6,8H2,1H3,(H,24,25,26). The predicted octanol–water partition coefficient (Wildman–Crippen LogP) is 4.07. The summed E-state index contributed by atoms with van der Waals surface area (Å²) in [6, 6.07) is 9.33. The topological polar surface area (TPSA) is 59.9 Å². The number of hydrogen-bond acceptors (Lipinski definition) is 5. The van der Waals surface area contributed by atoms with E-state index in [1.165, 1.54) is 6.07 Å². The normalized spacial score (nSPS) is 19.2. The number of pyridine rings is 1. The Morgan fingerprint density at radius 3 is 2.78 bits per heavy atom. The largest absolute Gasteiger partial charge is 0.371 e. The van der Waals surface area contributed by atoms with Crippen LogP contribution in [0.15, 0.2) is 48.8 Å². The number of anilines is 1. The van der Waals surface area contributed by atoms with Gasteiger partial charge in [0.25, 0.3) is 0 Å². The molecule has 3 heterocycles. The quantitative estimate of drug-likeness (QED) is 0.752. The van der Waals surface area contributed by atoms with Crippen molar-refractivity contribution >= 4 is 5.82 Å². The van der Waals surface area contributed by atoms with Crippen LogP contribution in [0.4, 0.5) is 14.6 Å². The monoisotopic (exact) mass is 368 g/mol. The van der Waals surface area contributed by atoms with E-state index in [4.69, 9.17) is 4.74 Å². The summed E-state index contributed by atoms with van der Waals surface area (Å²) in [6.07, 6.45) is 3.76. The maximum Gasteiger partial charge on any atom is 0.163 e. The highest BCUT2D eigenvalue weighted by Crippen LogP contribution is 2.32. The molecule has 1 saturated heterocycles. The third-order valence-corrected chi connectivity index (χ3v) is 4.47. The summed E-state index contributed by atoms with van der Waals surface area (Å²) in [5.41, 5.74) is 2.24. The lowest BCUT2D eigenvalue weighted by Crippen LogP contribution is -2.24. The zero-order valence-corrected chi connectivity index (χ0v) is 14.7. The Bertz CT molecular complexity index is 952. The Labute approximate surface area is 155 Å². The van der Waals surface area contributed by atoms with Gasteiger partial charge in [-0.1, -0.05) is 6.07 Å². The van der Waals surface area contributed by atoms with Crippen LogP contribution < -0.4 is 5.32 Å². The molecule has 0 spiro atoms. The van der Waals surface area contributed by atoms with Crippen LogP contribution in [0.2, 0.25) is 0 Å². The number of benzene rings is 1. The van der Waals surface area contributed by atoms with Crippen LogP contribution >= 0.6 is 0 Å². The lowest BCUT2D eigenvalue weighted by atomic mass is 10.0. The molecular weight excluding hydrogens is 350 g/mol. The van der Waals surface area contributed by atoms with Crippen LogP contribution in [0.1, 0.15) is 23.8 Å². The Hall–Kier alpha value is -2.93. The van der Waals surface area contributed by atoms with Gasteiger partial charge in [-0.15, -0.1) is 0 Å². The minimum Gasteiger partial charge on any atom is -0.371 e. The first-order valence-corrected chi connectivity index (χ1v) is 8.69. The molecular formula is C20H18F2N4O. The average Bonchev–Trinajstić information content (AvgIpc) is 3.12. The minimum absolute atomic E-state index is 0.106. The molecule has 1 fully saturated rings. The van der Waals surface area contributed by atoms with E-state index in [9.17, 15) is 8.78 Å². The van der Waals surface area contributed by atoms with Gasteiger partial charge < -0.3 is 10.1 Å². The molecule has 7 heteroatoms. The summed E-state index contributed by atoms with van der Waals surface area (Å²) in [5, 5.41) is 3.36. The van der Waals surface area contributed by atoms with Crippen molar-refractivity contribution in [3.05, 3.63) is 71.7 Å². The molecule has 0 bridgehead atoms. The third-order valence-electron chi connectivity index (χ3n) is 4.47. The first-order valence-electron chi connectivity index (χ1n) is 8.69. The molecule has 0 amide bonds. The number of ether oxygens (including phenoxy) is 1. The van der Waals surface area contributed by atoms with Crippen molar-refractivity contribution < 1.29 is 13.5 Å². The van der Waals surface area contributed by atoms with E-state index in [2.05, 4.69) is 20.3 Å². The van der Waals surface area contributed by atoms with Gasteiger partial charge in [0.15, 0.2) is 17.5 Å². The van der Waals surface area contributed by atoms with E-state index in [0.717, 1.165) is 23.7 Å².